The SMILES string of the molecule is O=[P+]([O-])[O-].[NH3+]Cc1ccccc1.[NH3+]Cc1ccccc1. The predicted molar refractivity (Wildman–Crippen MR) is 73.7 cm³/mol. The van der Waals surface area contributed by atoms with Crippen LogP contribution in [0.25, 0.3) is 0 Å². The third kappa shape index (κ3) is 11.5. The fourth-order valence-electron chi connectivity index (χ4n) is 1.29. The van der Waals surface area contributed by atoms with E-state index in [0.29, 0.717) is 0 Å². The van der Waals surface area contributed by atoms with Gasteiger partial charge in [-0.1, -0.05) is 65.2 Å². The average Bonchev–Trinajstić information content (AvgIpc) is 2.49. The smallest absolute Gasteiger partial charge is 0.276 e. The van der Waals surface area contributed by atoms with Crippen molar-refractivity contribution in [2.24, 2.45) is 0 Å². The summed E-state index contributed by atoms with van der Waals surface area (Å²) >= 11 is 0. The topological polar surface area (TPSA) is 118 Å². The van der Waals surface area contributed by atoms with Crippen LogP contribution in [0.3, 0.4) is 0 Å². The molecule has 0 radical (unpaired) electrons. The van der Waals surface area contributed by atoms with Gasteiger partial charge in [0.2, 0.25) is 0 Å². The fourth-order valence-corrected chi connectivity index (χ4v) is 1.29. The zero-order valence-electron chi connectivity index (χ0n) is 11.3. The molecule has 2 rings (SSSR count). The molecule has 0 atom stereocenters. The van der Waals surface area contributed by atoms with Gasteiger partial charge in [-0.25, -0.2) is 0 Å². The van der Waals surface area contributed by atoms with Gasteiger partial charge in [-0.15, -0.1) is 0 Å². The fraction of sp³-hybridized carbons (Fsp3) is 0.143. The zero-order valence-corrected chi connectivity index (χ0v) is 12.2. The van der Waals surface area contributed by atoms with Crippen LogP contribution in [0.1, 0.15) is 11.1 Å². The van der Waals surface area contributed by atoms with Gasteiger partial charge in [0, 0.05) is 11.1 Å². The normalized spacial score (nSPS) is 8.60. The second kappa shape index (κ2) is 12.4. The van der Waals surface area contributed by atoms with Gasteiger partial charge in [-0.3, -0.25) is 0 Å². The number of benzene rings is 2. The standard InChI is InChI=1S/2C7H9N.HO3P/c2*8-6-7-4-2-1-3-5-7;1-4(2)3/h2*1-5H,6,8H2;(H,1,2,3)/p+1. The van der Waals surface area contributed by atoms with Crippen molar-refractivity contribution in [1.29, 1.82) is 0 Å². The Labute approximate surface area is 119 Å². The Kier molecular flexibility index (Phi) is 11.4. The van der Waals surface area contributed by atoms with Crippen LogP contribution in [0.15, 0.2) is 60.7 Å². The van der Waals surface area contributed by atoms with E-state index in [2.05, 4.69) is 35.7 Å². The van der Waals surface area contributed by atoms with Crippen molar-refractivity contribution < 1.29 is 25.8 Å². The van der Waals surface area contributed by atoms with Crippen molar-refractivity contribution in [2.75, 3.05) is 0 Å². The summed E-state index contributed by atoms with van der Waals surface area (Å²) in [7, 11) is -3.37. The molecule has 20 heavy (non-hydrogen) atoms. The summed E-state index contributed by atoms with van der Waals surface area (Å²) in [6.07, 6.45) is 0. The summed E-state index contributed by atoms with van der Waals surface area (Å²) in [5.41, 5.74) is 10.1. The third-order valence-electron chi connectivity index (χ3n) is 2.26. The first-order valence-electron chi connectivity index (χ1n) is 6.08. The van der Waals surface area contributed by atoms with Crippen LogP contribution in [-0.2, 0) is 17.7 Å². The zero-order chi connectivity index (χ0) is 15.2. The van der Waals surface area contributed by atoms with E-state index in [-0.39, 0.29) is 0 Å². The van der Waals surface area contributed by atoms with Gasteiger partial charge >= 0.3 is 0 Å². The van der Waals surface area contributed by atoms with Crippen LogP contribution in [0.5, 0.6) is 0 Å². The van der Waals surface area contributed by atoms with Crippen LogP contribution < -0.4 is 21.3 Å². The predicted octanol–water partition coefficient (Wildman–Crippen LogP) is -0.779. The summed E-state index contributed by atoms with van der Waals surface area (Å²) in [6.45, 7) is 1.78. The molecule has 0 heterocycles. The van der Waals surface area contributed by atoms with E-state index in [4.69, 9.17) is 14.4 Å². The van der Waals surface area contributed by atoms with Crippen molar-refractivity contribution in [3.05, 3.63) is 71.8 Å². The summed E-state index contributed by atoms with van der Waals surface area (Å²) in [5, 5.41) is 0. The van der Waals surface area contributed by atoms with Crippen LogP contribution in [0, 0.1) is 0 Å². The highest BCUT2D eigenvalue weighted by atomic mass is 31.1. The Bertz CT molecular complexity index is 423. The highest BCUT2D eigenvalue weighted by Crippen LogP contribution is 1.94. The molecular formula is C14H20N2O3P+. The van der Waals surface area contributed by atoms with Gasteiger partial charge in [0.25, 0.3) is 8.25 Å². The molecule has 5 nitrogen and oxygen atoms in total. The molecule has 0 aliphatic rings. The van der Waals surface area contributed by atoms with E-state index >= 15 is 0 Å². The highest BCUT2D eigenvalue weighted by Gasteiger charge is 1.83. The second-order valence-corrected chi connectivity index (χ2v) is 4.14. The number of hydrogen-bond acceptors (Lipinski definition) is 3. The molecular weight excluding hydrogens is 275 g/mol. The molecule has 0 amide bonds. The molecule has 0 saturated carbocycles. The Morgan fingerprint density at radius 2 is 1.00 bits per heavy atom. The van der Waals surface area contributed by atoms with Crippen molar-refractivity contribution in [3.8, 4) is 0 Å². The van der Waals surface area contributed by atoms with Crippen molar-refractivity contribution >= 4 is 8.25 Å². The van der Waals surface area contributed by atoms with E-state index in [9.17, 15) is 0 Å². The summed E-state index contributed by atoms with van der Waals surface area (Å²) < 4.78 is 8.48. The lowest BCUT2D eigenvalue weighted by Gasteiger charge is -1.87. The maximum absolute atomic E-state index is 8.48. The van der Waals surface area contributed by atoms with Crippen molar-refractivity contribution in [1.82, 2.24) is 0 Å². The van der Waals surface area contributed by atoms with E-state index in [0.717, 1.165) is 13.1 Å². The molecule has 0 spiro atoms. The van der Waals surface area contributed by atoms with Crippen LogP contribution in [-0.4, -0.2) is 0 Å². The largest absolute Gasteiger partial charge is 0.598 e. The van der Waals surface area contributed by atoms with Gasteiger partial charge in [0.05, 0.1) is 13.1 Å². The minimum Gasteiger partial charge on any atom is -0.598 e. The Morgan fingerprint density at radius 3 is 1.15 bits per heavy atom. The monoisotopic (exact) mass is 295 g/mol. The minimum absolute atomic E-state index is 0.890. The van der Waals surface area contributed by atoms with Gasteiger partial charge in [-0.05, 0) is 0 Å². The van der Waals surface area contributed by atoms with E-state index in [1.165, 1.54) is 11.1 Å². The second-order valence-electron chi connectivity index (χ2n) is 3.69. The van der Waals surface area contributed by atoms with Gasteiger partial charge in [0.1, 0.15) is 0 Å². The first-order chi connectivity index (χ1) is 9.60. The number of rotatable bonds is 2. The summed E-state index contributed by atoms with van der Waals surface area (Å²) in [5.74, 6) is 0. The maximum Gasteiger partial charge on any atom is 0.276 e. The molecule has 0 aromatic heterocycles. The number of quaternary nitrogens is 2. The molecule has 0 bridgehead atoms. The number of hydrogen-bond donors (Lipinski definition) is 2. The molecule has 0 aliphatic carbocycles. The van der Waals surface area contributed by atoms with E-state index in [1.807, 2.05) is 36.4 Å². The van der Waals surface area contributed by atoms with Crippen LogP contribution in [0.4, 0.5) is 0 Å². The highest BCUT2D eigenvalue weighted by molar-refractivity contribution is 7.27. The lowest BCUT2D eigenvalue weighted by Crippen LogP contribution is -2.47. The van der Waals surface area contributed by atoms with E-state index < -0.39 is 8.25 Å². The first kappa shape index (κ1) is 18.4. The van der Waals surface area contributed by atoms with E-state index in [1.54, 1.807) is 0 Å². The van der Waals surface area contributed by atoms with Gasteiger partial charge in [-0.2, -0.15) is 0 Å². The minimum atomic E-state index is -3.37. The van der Waals surface area contributed by atoms with Crippen LogP contribution >= 0.6 is 8.25 Å². The average molecular weight is 295 g/mol. The van der Waals surface area contributed by atoms with Gasteiger partial charge < -0.3 is 21.3 Å². The lowest BCUT2D eigenvalue weighted by atomic mass is 10.2. The van der Waals surface area contributed by atoms with Gasteiger partial charge in [0.15, 0.2) is 0 Å². The Hall–Kier alpha value is -1.62. The molecule has 108 valence electrons. The summed E-state index contributed by atoms with van der Waals surface area (Å²) in [4.78, 5) is 17.0. The molecule has 0 unspecified atom stereocenters. The molecule has 0 fully saturated rings. The van der Waals surface area contributed by atoms with Crippen LogP contribution in [0.2, 0.25) is 0 Å². The summed E-state index contributed by atoms with van der Waals surface area (Å²) in [6, 6.07) is 20.4. The molecule has 2 aromatic carbocycles. The Morgan fingerprint density at radius 1 is 0.750 bits per heavy atom. The molecule has 2 aromatic rings. The molecule has 0 aliphatic heterocycles. The molecule has 0 saturated heterocycles. The van der Waals surface area contributed by atoms with Crippen molar-refractivity contribution in [3.63, 3.8) is 0 Å². The lowest BCUT2D eigenvalue weighted by molar-refractivity contribution is -0.386. The first-order valence-corrected chi connectivity index (χ1v) is 7.17. The Balaban J connectivity index is 0.000000289. The maximum atomic E-state index is 8.48. The third-order valence-corrected chi connectivity index (χ3v) is 2.26. The molecule has 6 N–H and O–H groups in total. The quantitative estimate of drug-likeness (QED) is 0.707. The van der Waals surface area contributed by atoms with Crippen molar-refractivity contribution in [2.45, 2.75) is 13.1 Å². The molecule has 6 heteroatoms.